The highest BCUT2D eigenvalue weighted by Gasteiger charge is 2.45. The van der Waals surface area contributed by atoms with Crippen LogP contribution in [0.25, 0.3) is 34.1 Å². The lowest BCUT2D eigenvalue weighted by Crippen LogP contribution is -2.26. The number of fused-ring (bicyclic) bond motifs is 5. The molecular weight excluding hydrogens is 853 g/mol. The minimum Gasteiger partial charge on any atom is -0.457 e. The van der Waals surface area contributed by atoms with E-state index in [4.69, 9.17) is 28.4 Å². The molecule has 0 saturated carbocycles. The third kappa shape index (κ3) is 8.78. The first-order valence-corrected chi connectivity index (χ1v) is 23.9. The summed E-state index contributed by atoms with van der Waals surface area (Å²) in [5.74, 6) is 8.54. The molecule has 6 heteroatoms. The minimum atomic E-state index is -0.202. The van der Waals surface area contributed by atoms with Gasteiger partial charge in [0, 0.05) is 16.4 Å². The normalized spacial score (nSPS) is 13.3. The van der Waals surface area contributed by atoms with Gasteiger partial charge in [-0.2, -0.15) is 0 Å². The van der Waals surface area contributed by atoms with E-state index < -0.39 is 0 Å². The molecular formula is C63H52O6. The van der Waals surface area contributed by atoms with Gasteiger partial charge >= 0.3 is 0 Å². The van der Waals surface area contributed by atoms with Crippen LogP contribution in [0, 0.1) is 13.8 Å². The Morgan fingerprint density at radius 2 is 0.725 bits per heavy atom. The molecule has 10 aliphatic heterocycles. The number of hydrogen-bond donors (Lipinski definition) is 0. The first-order valence-electron chi connectivity index (χ1n) is 23.9. The van der Waals surface area contributed by atoms with Crippen molar-refractivity contribution in [2.45, 2.75) is 58.8 Å². The van der Waals surface area contributed by atoms with Gasteiger partial charge in [-0.1, -0.05) is 92.4 Å². The molecule has 0 amide bonds. The fraction of sp³-hybridized carbons (Fsp3) is 0.143. The van der Waals surface area contributed by atoms with Gasteiger partial charge < -0.3 is 28.4 Å². The van der Waals surface area contributed by atoms with Crippen molar-refractivity contribution in [2.24, 2.45) is 0 Å². The Bertz CT molecular complexity index is 3310. The van der Waals surface area contributed by atoms with Crippen molar-refractivity contribution in [3.63, 3.8) is 0 Å². The largest absolute Gasteiger partial charge is 0.457 e. The summed E-state index contributed by atoms with van der Waals surface area (Å²) in [4.78, 5) is 0. The number of hydrogen-bond acceptors (Lipinski definition) is 6. The molecule has 6 nitrogen and oxygen atoms in total. The molecule has 1 aliphatic carbocycles. The number of benzene rings is 9. The fourth-order valence-corrected chi connectivity index (χ4v) is 10.0. The molecule has 12 bridgehead atoms. The Labute approximate surface area is 404 Å². The maximum Gasteiger partial charge on any atom is 0.142 e. The SMILES string of the molecule is CCCC1(CCC)c2cc(C)ccc2-c2c1c1c(c3cc(C)ccc23)Oc2ccc(cc2)Oc2ccc(cc2)Oc2ccc(cc2)Oc2ccc(cc2)Oc2ccc(cc2)Oc2ccc(cc2)C=C1. The molecule has 9 aromatic rings. The van der Waals surface area contributed by atoms with Crippen LogP contribution in [-0.2, 0) is 5.41 Å². The van der Waals surface area contributed by atoms with Gasteiger partial charge in [-0.25, -0.2) is 0 Å². The summed E-state index contributed by atoms with van der Waals surface area (Å²) >= 11 is 0. The number of ether oxygens (including phenoxy) is 6. The zero-order valence-electron chi connectivity index (χ0n) is 39.3. The number of rotatable bonds is 4. The van der Waals surface area contributed by atoms with Crippen molar-refractivity contribution in [3.05, 3.63) is 215 Å². The van der Waals surface area contributed by atoms with E-state index in [2.05, 4.69) is 88.4 Å². The summed E-state index contributed by atoms with van der Waals surface area (Å²) in [7, 11) is 0. The van der Waals surface area contributed by atoms with Crippen LogP contribution in [0.4, 0.5) is 0 Å². The summed E-state index contributed by atoms with van der Waals surface area (Å²) in [6.45, 7) is 9.00. The molecule has 0 atom stereocenters. The predicted octanol–water partition coefficient (Wildman–Crippen LogP) is 18.6. The summed E-state index contributed by atoms with van der Waals surface area (Å²) in [6.07, 6.45) is 8.64. The predicted molar refractivity (Wildman–Crippen MR) is 277 cm³/mol. The summed E-state index contributed by atoms with van der Waals surface area (Å²) in [5.41, 5.74) is 9.79. The van der Waals surface area contributed by atoms with Gasteiger partial charge in [0.25, 0.3) is 0 Å². The third-order valence-corrected chi connectivity index (χ3v) is 13.1. The molecule has 69 heavy (non-hydrogen) atoms. The van der Waals surface area contributed by atoms with Crippen LogP contribution in [0.1, 0.15) is 72.9 Å². The average molecular weight is 905 g/mol. The zero-order valence-corrected chi connectivity index (χ0v) is 39.3. The Morgan fingerprint density at radius 3 is 1.13 bits per heavy atom. The second-order valence-corrected chi connectivity index (χ2v) is 18.0. The van der Waals surface area contributed by atoms with Gasteiger partial charge in [0.1, 0.15) is 69.0 Å². The molecule has 10 heterocycles. The fourth-order valence-electron chi connectivity index (χ4n) is 10.0. The molecule has 0 radical (unpaired) electrons. The zero-order chi connectivity index (χ0) is 46.9. The van der Waals surface area contributed by atoms with Crippen molar-refractivity contribution in [1.29, 1.82) is 0 Å². The van der Waals surface area contributed by atoms with E-state index in [1.165, 1.54) is 38.8 Å². The lowest BCUT2D eigenvalue weighted by molar-refractivity contribution is 0.430. The van der Waals surface area contributed by atoms with Crippen molar-refractivity contribution in [1.82, 2.24) is 0 Å². The van der Waals surface area contributed by atoms with E-state index in [0.717, 1.165) is 59.4 Å². The lowest BCUT2D eigenvalue weighted by Gasteiger charge is -2.34. The molecule has 0 unspecified atom stereocenters. The van der Waals surface area contributed by atoms with E-state index in [-0.39, 0.29) is 5.41 Å². The Hall–Kier alpha value is -8.22. The monoisotopic (exact) mass is 904 g/mol. The van der Waals surface area contributed by atoms with E-state index in [0.29, 0.717) is 51.7 Å². The van der Waals surface area contributed by atoms with Gasteiger partial charge in [0.15, 0.2) is 0 Å². The third-order valence-electron chi connectivity index (χ3n) is 13.1. The standard InChI is InChI=1S/C63H52O6/c1-5-37-63(38-6-2)59-40-42(4)8-35-56(59)60-55-34-7-41(3)39-58(55)62-57(61(60)63)36-11-43-9-12-44(13-10-43)64-45-14-16-46(17-15-45)65-47-18-20-48(21-19-47)66-49-22-24-50(25-23-49)67-51-26-28-52(29-27-51)68-53-30-32-54(69-62)33-31-53/h7-36,39-40H,5-6,37-38H2,1-4H3. The van der Waals surface area contributed by atoms with Crippen LogP contribution in [0.15, 0.2) is 182 Å². The molecule has 0 aromatic heterocycles. The molecule has 0 saturated heterocycles. The quantitative estimate of drug-likeness (QED) is 0.175. The van der Waals surface area contributed by atoms with E-state index in [1.54, 1.807) is 0 Å². The van der Waals surface area contributed by atoms with Crippen LogP contribution in [-0.4, -0.2) is 0 Å². The van der Waals surface area contributed by atoms with Gasteiger partial charge in [0.2, 0.25) is 0 Å². The number of aryl methyl sites for hydroxylation is 2. The van der Waals surface area contributed by atoms with E-state index in [9.17, 15) is 0 Å². The Balaban J connectivity index is 1.01. The highest BCUT2D eigenvalue weighted by atomic mass is 16.5. The highest BCUT2D eigenvalue weighted by Crippen LogP contribution is 2.60. The molecule has 0 spiro atoms. The van der Waals surface area contributed by atoms with Gasteiger partial charge in [-0.15, -0.1) is 0 Å². The Kier molecular flexibility index (Phi) is 11.6. The average Bonchev–Trinajstić information content (AvgIpc) is 3.63. The van der Waals surface area contributed by atoms with Crippen LogP contribution < -0.4 is 28.4 Å². The smallest absolute Gasteiger partial charge is 0.142 e. The van der Waals surface area contributed by atoms with Crippen molar-refractivity contribution in [2.75, 3.05) is 0 Å². The van der Waals surface area contributed by atoms with Crippen LogP contribution >= 0.6 is 0 Å². The van der Waals surface area contributed by atoms with Crippen molar-refractivity contribution >= 4 is 22.9 Å². The maximum atomic E-state index is 7.22. The minimum absolute atomic E-state index is 0.202. The second kappa shape index (κ2) is 18.5. The first kappa shape index (κ1) is 43.4. The molecule has 0 fully saturated rings. The van der Waals surface area contributed by atoms with E-state index >= 15 is 0 Å². The van der Waals surface area contributed by atoms with Crippen LogP contribution in [0.5, 0.6) is 69.0 Å². The second-order valence-electron chi connectivity index (χ2n) is 18.0. The van der Waals surface area contributed by atoms with Gasteiger partial charge in [-0.3, -0.25) is 0 Å². The van der Waals surface area contributed by atoms with Crippen molar-refractivity contribution in [3.8, 4) is 80.1 Å². The molecule has 9 aromatic carbocycles. The first-order chi connectivity index (χ1) is 33.8. The van der Waals surface area contributed by atoms with Crippen LogP contribution in [0.3, 0.4) is 0 Å². The molecule has 20 rings (SSSR count). The molecule has 340 valence electrons. The maximum absolute atomic E-state index is 7.22. The van der Waals surface area contributed by atoms with Gasteiger partial charge in [0.05, 0.1) is 0 Å². The summed E-state index contributed by atoms with van der Waals surface area (Å²) in [5, 5.41) is 2.28. The van der Waals surface area contributed by atoms with Crippen LogP contribution in [0.2, 0.25) is 0 Å². The molecule has 11 aliphatic rings. The van der Waals surface area contributed by atoms with Gasteiger partial charge in [-0.05, 0) is 199 Å². The van der Waals surface area contributed by atoms with Crippen molar-refractivity contribution < 1.29 is 28.4 Å². The summed E-state index contributed by atoms with van der Waals surface area (Å²) in [6, 6.07) is 60.3. The molecule has 0 N–H and O–H groups in total. The Morgan fingerprint density at radius 1 is 0.362 bits per heavy atom. The summed E-state index contributed by atoms with van der Waals surface area (Å²) < 4.78 is 38.3. The highest BCUT2D eigenvalue weighted by molar-refractivity contribution is 6.09. The topological polar surface area (TPSA) is 55.4 Å². The van der Waals surface area contributed by atoms with E-state index in [1.807, 2.05) is 133 Å². The lowest BCUT2D eigenvalue weighted by atomic mass is 9.69.